The van der Waals surface area contributed by atoms with E-state index in [2.05, 4.69) is 23.3 Å². The lowest BCUT2D eigenvalue weighted by Gasteiger charge is -2.38. The Morgan fingerprint density at radius 1 is 1.55 bits per heavy atom. The van der Waals surface area contributed by atoms with Gasteiger partial charge in [-0.15, -0.1) is 11.3 Å². The Labute approximate surface area is 125 Å². The SMILES string of the molecule is CCCC(CN)C(=O)N1CCc2sccc2C1C1CC1. The molecule has 0 bridgehead atoms. The summed E-state index contributed by atoms with van der Waals surface area (Å²) < 4.78 is 0. The first kappa shape index (κ1) is 14.1. The van der Waals surface area contributed by atoms with Gasteiger partial charge in [0.2, 0.25) is 5.91 Å². The summed E-state index contributed by atoms with van der Waals surface area (Å²) in [5.74, 6) is 0.997. The molecule has 2 unspecified atom stereocenters. The van der Waals surface area contributed by atoms with E-state index in [4.69, 9.17) is 5.73 Å². The van der Waals surface area contributed by atoms with Crippen molar-refractivity contribution < 1.29 is 4.79 Å². The van der Waals surface area contributed by atoms with Crippen LogP contribution in [0, 0.1) is 11.8 Å². The van der Waals surface area contributed by atoms with Gasteiger partial charge in [0, 0.05) is 18.0 Å². The molecule has 1 aromatic heterocycles. The second kappa shape index (κ2) is 5.86. The molecule has 1 saturated carbocycles. The topological polar surface area (TPSA) is 46.3 Å². The molecule has 1 aliphatic carbocycles. The van der Waals surface area contributed by atoms with Crippen molar-refractivity contribution in [3.05, 3.63) is 21.9 Å². The summed E-state index contributed by atoms with van der Waals surface area (Å²) in [6, 6.07) is 2.57. The molecule has 1 aromatic rings. The molecule has 0 spiro atoms. The fourth-order valence-electron chi connectivity index (χ4n) is 3.44. The third kappa shape index (κ3) is 2.51. The number of carbonyl (C=O) groups excluding carboxylic acids is 1. The highest BCUT2D eigenvalue weighted by Crippen LogP contribution is 2.48. The van der Waals surface area contributed by atoms with Gasteiger partial charge in [0.25, 0.3) is 0 Å². The van der Waals surface area contributed by atoms with Crippen LogP contribution in [0.5, 0.6) is 0 Å². The molecule has 1 aliphatic heterocycles. The standard InChI is InChI=1S/C16H24N2OS/c1-2-3-12(10-17)16(19)18-8-6-14-13(7-9-20-14)15(18)11-4-5-11/h7,9,11-12,15H,2-6,8,10,17H2,1H3. The van der Waals surface area contributed by atoms with Crippen molar-refractivity contribution in [3.8, 4) is 0 Å². The zero-order valence-corrected chi connectivity index (χ0v) is 13.0. The van der Waals surface area contributed by atoms with Gasteiger partial charge in [-0.05, 0) is 48.6 Å². The van der Waals surface area contributed by atoms with Gasteiger partial charge in [0.15, 0.2) is 0 Å². The summed E-state index contributed by atoms with van der Waals surface area (Å²) in [5, 5.41) is 2.18. The average molecular weight is 292 g/mol. The molecular formula is C16H24N2OS. The van der Waals surface area contributed by atoms with Gasteiger partial charge in [0.1, 0.15) is 0 Å². The molecule has 0 saturated heterocycles. The number of nitrogens with two attached hydrogens (primary N) is 1. The van der Waals surface area contributed by atoms with Gasteiger partial charge in [-0.25, -0.2) is 0 Å². The third-order valence-corrected chi connectivity index (χ3v) is 5.63. The van der Waals surface area contributed by atoms with Gasteiger partial charge in [0.05, 0.1) is 12.0 Å². The van der Waals surface area contributed by atoms with Crippen LogP contribution in [0.4, 0.5) is 0 Å². The van der Waals surface area contributed by atoms with Gasteiger partial charge in [-0.2, -0.15) is 0 Å². The fraction of sp³-hybridized carbons (Fsp3) is 0.688. The molecule has 2 atom stereocenters. The lowest BCUT2D eigenvalue weighted by molar-refractivity contribution is -0.139. The Morgan fingerprint density at radius 2 is 2.35 bits per heavy atom. The van der Waals surface area contributed by atoms with Gasteiger partial charge in [-0.3, -0.25) is 4.79 Å². The summed E-state index contributed by atoms with van der Waals surface area (Å²) in [6.07, 6.45) is 5.50. The number of nitrogens with zero attached hydrogens (tertiary/aromatic N) is 1. The highest BCUT2D eigenvalue weighted by Gasteiger charge is 2.42. The molecule has 1 fully saturated rings. The van der Waals surface area contributed by atoms with Crippen LogP contribution < -0.4 is 5.73 Å². The Kier molecular flexibility index (Phi) is 4.13. The first-order chi connectivity index (χ1) is 9.76. The summed E-state index contributed by atoms with van der Waals surface area (Å²) in [5.41, 5.74) is 7.25. The number of amides is 1. The summed E-state index contributed by atoms with van der Waals surface area (Å²) in [4.78, 5) is 16.5. The smallest absolute Gasteiger partial charge is 0.227 e. The van der Waals surface area contributed by atoms with Crippen LogP contribution in [-0.2, 0) is 11.2 Å². The minimum Gasteiger partial charge on any atom is -0.335 e. The maximum atomic E-state index is 12.8. The first-order valence-corrected chi connectivity index (χ1v) is 8.71. The molecule has 2 aliphatic rings. The van der Waals surface area contributed by atoms with E-state index in [-0.39, 0.29) is 5.92 Å². The predicted molar refractivity (Wildman–Crippen MR) is 82.7 cm³/mol. The van der Waals surface area contributed by atoms with E-state index in [1.165, 1.54) is 23.3 Å². The largest absolute Gasteiger partial charge is 0.335 e. The first-order valence-electron chi connectivity index (χ1n) is 7.83. The lowest BCUT2D eigenvalue weighted by atomic mass is 9.93. The van der Waals surface area contributed by atoms with E-state index in [0.29, 0.717) is 24.4 Å². The van der Waals surface area contributed by atoms with E-state index < -0.39 is 0 Å². The van der Waals surface area contributed by atoms with Crippen LogP contribution in [0.2, 0.25) is 0 Å². The Balaban J connectivity index is 1.83. The zero-order valence-electron chi connectivity index (χ0n) is 12.2. The summed E-state index contributed by atoms with van der Waals surface area (Å²) in [7, 11) is 0. The molecule has 20 heavy (non-hydrogen) atoms. The van der Waals surface area contributed by atoms with Crippen molar-refractivity contribution in [3.63, 3.8) is 0 Å². The van der Waals surface area contributed by atoms with E-state index in [9.17, 15) is 4.79 Å². The molecule has 3 nitrogen and oxygen atoms in total. The molecule has 0 radical (unpaired) electrons. The maximum absolute atomic E-state index is 12.8. The molecule has 110 valence electrons. The second-order valence-electron chi connectivity index (χ2n) is 6.08. The lowest BCUT2D eigenvalue weighted by Crippen LogP contribution is -2.45. The minimum absolute atomic E-state index is 0.0152. The van der Waals surface area contributed by atoms with Crippen LogP contribution in [0.3, 0.4) is 0 Å². The van der Waals surface area contributed by atoms with E-state index >= 15 is 0 Å². The summed E-state index contributed by atoms with van der Waals surface area (Å²) in [6.45, 7) is 3.49. The van der Waals surface area contributed by atoms with Crippen molar-refractivity contribution in [2.45, 2.75) is 45.1 Å². The van der Waals surface area contributed by atoms with Crippen molar-refractivity contribution in [1.82, 2.24) is 4.90 Å². The molecular weight excluding hydrogens is 268 g/mol. The molecule has 2 N–H and O–H groups in total. The maximum Gasteiger partial charge on any atom is 0.227 e. The number of thiophene rings is 1. The third-order valence-electron chi connectivity index (χ3n) is 4.64. The number of fused-ring (bicyclic) bond motifs is 1. The summed E-state index contributed by atoms with van der Waals surface area (Å²) >= 11 is 1.85. The van der Waals surface area contributed by atoms with Crippen molar-refractivity contribution >= 4 is 17.2 Å². The molecule has 0 aromatic carbocycles. The van der Waals surface area contributed by atoms with Crippen molar-refractivity contribution in [1.29, 1.82) is 0 Å². The Morgan fingerprint density at radius 3 is 3.00 bits per heavy atom. The Hall–Kier alpha value is -0.870. The molecule has 1 amide bonds. The highest BCUT2D eigenvalue weighted by molar-refractivity contribution is 7.10. The number of hydrogen-bond donors (Lipinski definition) is 1. The quantitative estimate of drug-likeness (QED) is 0.907. The minimum atomic E-state index is 0.0152. The van der Waals surface area contributed by atoms with Crippen LogP contribution in [-0.4, -0.2) is 23.9 Å². The highest BCUT2D eigenvalue weighted by atomic mass is 32.1. The van der Waals surface area contributed by atoms with Gasteiger partial charge >= 0.3 is 0 Å². The van der Waals surface area contributed by atoms with Crippen LogP contribution in [0.25, 0.3) is 0 Å². The van der Waals surface area contributed by atoms with E-state index in [0.717, 1.165) is 25.8 Å². The number of hydrogen-bond acceptors (Lipinski definition) is 3. The normalized spacial score (nSPS) is 23.5. The van der Waals surface area contributed by atoms with Crippen LogP contribution in [0.15, 0.2) is 11.4 Å². The van der Waals surface area contributed by atoms with E-state index in [1.807, 2.05) is 11.3 Å². The number of carbonyl (C=O) groups is 1. The van der Waals surface area contributed by atoms with Crippen molar-refractivity contribution in [2.75, 3.05) is 13.1 Å². The Bertz CT molecular complexity index is 481. The van der Waals surface area contributed by atoms with Gasteiger partial charge < -0.3 is 10.6 Å². The van der Waals surface area contributed by atoms with Crippen LogP contribution in [0.1, 0.15) is 49.1 Å². The van der Waals surface area contributed by atoms with Gasteiger partial charge in [-0.1, -0.05) is 13.3 Å². The second-order valence-corrected chi connectivity index (χ2v) is 7.08. The van der Waals surface area contributed by atoms with Crippen molar-refractivity contribution in [2.24, 2.45) is 17.6 Å². The fourth-order valence-corrected chi connectivity index (χ4v) is 4.35. The molecule has 2 heterocycles. The average Bonchev–Trinajstić information content (AvgIpc) is 3.19. The van der Waals surface area contributed by atoms with E-state index in [1.54, 1.807) is 0 Å². The zero-order chi connectivity index (χ0) is 14.1. The monoisotopic (exact) mass is 292 g/mol. The molecule has 4 heteroatoms. The predicted octanol–water partition coefficient (Wildman–Crippen LogP) is 2.96. The van der Waals surface area contributed by atoms with Crippen LogP contribution >= 0.6 is 11.3 Å². The molecule has 3 rings (SSSR count). The number of rotatable bonds is 5.